The fourth-order valence-electron chi connectivity index (χ4n) is 0.932. The summed E-state index contributed by atoms with van der Waals surface area (Å²) in [5.74, 6) is 0. The van der Waals surface area contributed by atoms with E-state index in [-0.39, 0.29) is 10.8 Å². The van der Waals surface area contributed by atoms with Gasteiger partial charge in [-0.05, 0) is 39.2 Å². The van der Waals surface area contributed by atoms with E-state index < -0.39 is 0 Å². The highest BCUT2D eigenvalue weighted by Crippen LogP contribution is 2.19. The molecule has 90 valence electrons. The maximum atomic E-state index is 5.17. The van der Waals surface area contributed by atoms with Crippen LogP contribution < -0.4 is 10.6 Å². The Morgan fingerprint density at radius 2 is 2.13 bits per heavy atom. The van der Waals surface area contributed by atoms with Gasteiger partial charge in [0.15, 0.2) is 5.11 Å². The second-order valence-electron chi connectivity index (χ2n) is 4.15. The van der Waals surface area contributed by atoms with Gasteiger partial charge in [-0.2, -0.15) is 11.8 Å². The lowest BCUT2D eigenvalue weighted by Gasteiger charge is -2.24. The first kappa shape index (κ1) is 15.0. The summed E-state index contributed by atoms with van der Waals surface area (Å²) in [5.41, 5.74) is 0. The summed E-state index contributed by atoms with van der Waals surface area (Å²) in [6, 6.07) is 0.243. The summed E-state index contributed by atoms with van der Waals surface area (Å²) >= 11 is 7.00. The van der Waals surface area contributed by atoms with Crippen LogP contribution in [0.4, 0.5) is 0 Å². The minimum atomic E-state index is 0.205. The molecule has 3 nitrogen and oxygen atoms in total. The van der Waals surface area contributed by atoms with E-state index in [4.69, 9.17) is 17.0 Å². The Kier molecular flexibility index (Phi) is 7.30. The summed E-state index contributed by atoms with van der Waals surface area (Å²) in [6.07, 6.45) is 2.10. The Labute approximate surface area is 103 Å². The molecule has 1 unspecified atom stereocenters. The van der Waals surface area contributed by atoms with Gasteiger partial charge >= 0.3 is 0 Å². The zero-order valence-electron chi connectivity index (χ0n) is 10.2. The first-order valence-corrected chi connectivity index (χ1v) is 6.63. The van der Waals surface area contributed by atoms with Gasteiger partial charge in [-0.3, -0.25) is 0 Å². The fraction of sp³-hybridized carbons (Fsp3) is 0.900. The minimum absolute atomic E-state index is 0.205. The van der Waals surface area contributed by atoms with E-state index in [0.29, 0.717) is 11.7 Å². The number of hydrogen-bond donors (Lipinski definition) is 2. The van der Waals surface area contributed by atoms with E-state index in [1.807, 2.05) is 18.7 Å². The summed E-state index contributed by atoms with van der Waals surface area (Å²) in [5, 5.41) is 7.07. The molecular formula is C10H22N2OS2. The molecule has 0 aliphatic heterocycles. The van der Waals surface area contributed by atoms with Crippen molar-refractivity contribution in [3.05, 3.63) is 0 Å². The second-order valence-corrected chi connectivity index (χ2v) is 6.07. The van der Waals surface area contributed by atoms with E-state index in [0.717, 1.165) is 6.54 Å². The molecule has 15 heavy (non-hydrogen) atoms. The second kappa shape index (κ2) is 7.30. The summed E-state index contributed by atoms with van der Waals surface area (Å²) in [4.78, 5) is 0. The van der Waals surface area contributed by atoms with Gasteiger partial charge in [-0.25, -0.2) is 0 Å². The van der Waals surface area contributed by atoms with Crippen LogP contribution in [0.3, 0.4) is 0 Å². The van der Waals surface area contributed by atoms with Crippen molar-refractivity contribution in [2.24, 2.45) is 0 Å². The third-order valence-electron chi connectivity index (χ3n) is 2.02. The number of hydrogen-bond acceptors (Lipinski definition) is 3. The van der Waals surface area contributed by atoms with Crippen LogP contribution in [0.2, 0.25) is 0 Å². The van der Waals surface area contributed by atoms with E-state index in [1.165, 1.54) is 0 Å². The summed E-state index contributed by atoms with van der Waals surface area (Å²) in [6.45, 7) is 7.93. The van der Waals surface area contributed by atoms with E-state index >= 15 is 0 Å². The number of rotatable bonds is 6. The van der Waals surface area contributed by atoms with E-state index in [9.17, 15) is 0 Å². The molecule has 0 bridgehead atoms. The van der Waals surface area contributed by atoms with E-state index in [2.05, 4.69) is 30.7 Å². The van der Waals surface area contributed by atoms with Crippen molar-refractivity contribution < 1.29 is 4.74 Å². The van der Waals surface area contributed by atoms with Crippen molar-refractivity contribution in [1.82, 2.24) is 10.6 Å². The Morgan fingerprint density at radius 3 is 2.60 bits per heavy atom. The summed E-state index contributed by atoms with van der Waals surface area (Å²) < 4.78 is 5.22. The predicted octanol–water partition coefficient (Wildman–Crippen LogP) is 1.63. The van der Waals surface area contributed by atoms with Crippen LogP contribution in [0.1, 0.15) is 20.8 Å². The zero-order chi connectivity index (χ0) is 11.9. The zero-order valence-corrected chi connectivity index (χ0v) is 11.8. The van der Waals surface area contributed by atoms with Crippen LogP contribution in [-0.4, -0.2) is 42.4 Å². The molecule has 0 saturated heterocycles. The quantitative estimate of drug-likeness (QED) is 0.700. The van der Waals surface area contributed by atoms with Crippen LogP contribution in [0.5, 0.6) is 0 Å². The van der Waals surface area contributed by atoms with Crippen LogP contribution in [-0.2, 0) is 4.74 Å². The largest absolute Gasteiger partial charge is 0.383 e. The molecule has 0 aromatic heterocycles. The molecule has 1 atom stereocenters. The van der Waals surface area contributed by atoms with Gasteiger partial charge in [0.25, 0.3) is 0 Å². The van der Waals surface area contributed by atoms with Crippen molar-refractivity contribution in [2.75, 3.05) is 26.5 Å². The Morgan fingerprint density at radius 1 is 1.53 bits per heavy atom. The number of ether oxygens (including phenoxy) is 1. The molecule has 0 aliphatic carbocycles. The monoisotopic (exact) mass is 250 g/mol. The molecule has 2 N–H and O–H groups in total. The molecule has 0 amide bonds. The highest BCUT2D eigenvalue weighted by atomic mass is 32.2. The SMILES string of the molecule is COCC(C)NC(=S)NCC(C)(C)SC. The van der Waals surface area contributed by atoms with Gasteiger partial charge in [0, 0.05) is 24.4 Å². The highest BCUT2D eigenvalue weighted by molar-refractivity contribution is 7.99. The highest BCUT2D eigenvalue weighted by Gasteiger charge is 2.16. The Bertz CT molecular complexity index is 198. The topological polar surface area (TPSA) is 33.3 Å². The number of nitrogens with one attached hydrogen (secondary N) is 2. The van der Waals surface area contributed by atoms with Gasteiger partial charge in [0.2, 0.25) is 0 Å². The van der Waals surface area contributed by atoms with Crippen molar-refractivity contribution >= 4 is 29.1 Å². The standard InChI is InChI=1S/C10H22N2OS2/c1-8(6-13-4)12-9(14)11-7-10(2,3)15-5/h8H,6-7H2,1-5H3,(H2,11,12,14). The van der Waals surface area contributed by atoms with Gasteiger partial charge in [-0.15, -0.1) is 0 Å². The fourth-order valence-corrected chi connectivity index (χ4v) is 1.42. The third-order valence-corrected chi connectivity index (χ3v) is 3.53. The molecule has 0 aromatic carbocycles. The smallest absolute Gasteiger partial charge is 0.166 e. The van der Waals surface area contributed by atoms with Crippen LogP contribution in [0.15, 0.2) is 0 Å². The Hall–Kier alpha value is 0. The van der Waals surface area contributed by atoms with Gasteiger partial charge < -0.3 is 15.4 Å². The predicted molar refractivity (Wildman–Crippen MR) is 72.7 cm³/mol. The molecule has 0 saturated carbocycles. The maximum absolute atomic E-state index is 5.17. The van der Waals surface area contributed by atoms with Gasteiger partial charge in [0.05, 0.1) is 6.61 Å². The lowest BCUT2D eigenvalue weighted by atomic mass is 10.2. The molecular weight excluding hydrogens is 228 g/mol. The lowest BCUT2D eigenvalue weighted by molar-refractivity contribution is 0.179. The van der Waals surface area contributed by atoms with Crippen LogP contribution in [0.25, 0.3) is 0 Å². The molecule has 0 aromatic rings. The lowest BCUT2D eigenvalue weighted by Crippen LogP contribution is -2.46. The number of thiocarbonyl (C=S) groups is 1. The maximum Gasteiger partial charge on any atom is 0.166 e. The molecule has 0 aliphatic rings. The molecule has 0 fully saturated rings. The van der Waals surface area contributed by atoms with Crippen molar-refractivity contribution in [2.45, 2.75) is 31.6 Å². The summed E-state index contributed by atoms with van der Waals surface area (Å²) in [7, 11) is 1.69. The van der Waals surface area contributed by atoms with Crippen molar-refractivity contribution in [1.29, 1.82) is 0 Å². The average Bonchev–Trinajstić information content (AvgIpc) is 2.15. The molecule has 5 heteroatoms. The normalized spacial score (nSPS) is 13.4. The van der Waals surface area contributed by atoms with Crippen LogP contribution in [0, 0.1) is 0 Å². The first-order chi connectivity index (χ1) is 6.91. The third kappa shape index (κ3) is 7.88. The van der Waals surface area contributed by atoms with Crippen molar-refractivity contribution in [3.8, 4) is 0 Å². The first-order valence-electron chi connectivity index (χ1n) is 4.99. The number of methoxy groups -OCH3 is 1. The number of thioether (sulfide) groups is 1. The Balaban J connectivity index is 3.75. The molecule has 0 spiro atoms. The molecule has 0 radical (unpaired) electrons. The molecule has 0 heterocycles. The molecule has 0 rings (SSSR count). The minimum Gasteiger partial charge on any atom is -0.383 e. The van der Waals surface area contributed by atoms with Gasteiger partial charge in [-0.1, -0.05) is 0 Å². The van der Waals surface area contributed by atoms with Crippen molar-refractivity contribution in [3.63, 3.8) is 0 Å². The van der Waals surface area contributed by atoms with E-state index in [1.54, 1.807) is 7.11 Å². The van der Waals surface area contributed by atoms with Crippen LogP contribution >= 0.6 is 24.0 Å². The van der Waals surface area contributed by atoms with Gasteiger partial charge in [0.1, 0.15) is 0 Å². The average molecular weight is 250 g/mol.